The summed E-state index contributed by atoms with van der Waals surface area (Å²) in [6.45, 7) is 3.35. The zero-order valence-electron chi connectivity index (χ0n) is 15.0. The molecule has 0 saturated carbocycles. The summed E-state index contributed by atoms with van der Waals surface area (Å²) in [5.74, 6) is -0.584. The number of hydrogen-bond donors (Lipinski definition) is 1. The molecule has 0 aliphatic heterocycles. The summed E-state index contributed by atoms with van der Waals surface area (Å²) >= 11 is 5.99. The molecule has 0 unspecified atom stereocenters. The first-order valence-electron chi connectivity index (χ1n) is 7.80. The second kappa shape index (κ2) is 8.53. The van der Waals surface area contributed by atoms with Crippen molar-refractivity contribution in [3.63, 3.8) is 0 Å². The largest absolute Gasteiger partial charge is 0.495 e. The lowest BCUT2D eigenvalue weighted by molar-refractivity contribution is -0.142. The molecule has 1 amide bonds. The Kier molecular flexibility index (Phi) is 6.41. The topological polar surface area (TPSA) is 82.4 Å². The van der Waals surface area contributed by atoms with Crippen molar-refractivity contribution >= 4 is 35.2 Å². The Morgan fingerprint density at radius 3 is 2.65 bits per heavy atom. The fourth-order valence-corrected chi connectivity index (χ4v) is 2.57. The maximum Gasteiger partial charge on any atom is 0.331 e. The molecule has 0 radical (unpaired) electrons. The fraction of sp³-hybridized carbons (Fsp3) is 0.278. The first-order valence-corrected chi connectivity index (χ1v) is 8.18. The van der Waals surface area contributed by atoms with E-state index in [2.05, 4.69) is 10.4 Å². The summed E-state index contributed by atoms with van der Waals surface area (Å²) in [5.41, 5.74) is 3.07. The molecule has 1 N–H and O–H groups in total. The van der Waals surface area contributed by atoms with Crippen LogP contribution in [0.5, 0.6) is 5.75 Å². The number of rotatable bonds is 6. The predicted octanol–water partition coefficient (Wildman–Crippen LogP) is 2.89. The summed E-state index contributed by atoms with van der Waals surface area (Å²) in [6.07, 6.45) is 2.90. The summed E-state index contributed by atoms with van der Waals surface area (Å²) in [7, 11) is 3.33. The van der Waals surface area contributed by atoms with Gasteiger partial charge in [-0.3, -0.25) is 9.48 Å². The van der Waals surface area contributed by atoms with Crippen LogP contribution in [-0.2, 0) is 21.4 Å². The van der Waals surface area contributed by atoms with Crippen molar-refractivity contribution in [2.75, 3.05) is 19.0 Å². The number of methoxy groups -OCH3 is 1. The minimum absolute atomic E-state index is 0.368. The molecule has 0 saturated heterocycles. The van der Waals surface area contributed by atoms with Gasteiger partial charge in [-0.15, -0.1) is 0 Å². The number of hydrogen-bond acceptors (Lipinski definition) is 5. The molecule has 0 aliphatic carbocycles. The molecule has 0 bridgehead atoms. The number of ether oxygens (including phenoxy) is 2. The highest BCUT2D eigenvalue weighted by molar-refractivity contribution is 6.32. The van der Waals surface area contributed by atoms with Crippen LogP contribution in [0.25, 0.3) is 6.08 Å². The van der Waals surface area contributed by atoms with Crippen LogP contribution in [0.1, 0.15) is 17.0 Å². The quantitative estimate of drug-likeness (QED) is 0.618. The normalized spacial score (nSPS) is 10.8. The van der Waals surface area contributed by atoms with Gasteiger partial charge >= 0.3 is 5.97 Å². The number of nitrogens with one attached hydrogen (secondary N) is 1. The molecule has 0 aliphatic rings. The van der Waals surface area contributed by atoms with Gasteiger partial charge < -0.3 is 14.8 Å². The van der Waals surface area contributed by atoms with Gasteiger partial charge in [-0.1, -0.05) is 11.6 Å². The van der Waals surface area contributed by atoms with Crippen molar-refractivity contribution in [3.05, 3.63) is 46.2 Å². The highest BCUT2D eigenvalue weighted by Crippen LogP contribution is 2.27. The molecule has 7 nitrogen and oxygen atoms in total. The Morgan fingerprint density at radius 1 is 1.35 bits per heavy atom. The monoisotopic (exact) mass is 377 g/mol. The van der Waals surface area contributed by atoms with Crippen LogP contribution in [0.2, 0.25) is 5.02 Å². The zero-order valence-corrected chi connectivity index (χ0v) is 15.8. The van der Waals surface area contributed by atoms with E-state index in [9.17, 15) is 9.59 Å². The maximum atomic E-state index is 11.9. The van der Waals surface area contributed by atoms with Crippen molar-refractivity contribution in [2.24, 2.45) is 7.05 Å². The molecule has 8 heteroatoms. The third-order valence-corrected chi connectivity index (χ3v) is 4.03. The van der Waals surface area contributed by atoms with E-state index >= 15 is 0 Å². The van der Waals surface area contributed by atoms with Crippen LogP contribution < -0.4 is 10.1 Å². The highest BCUT2D eigenvalue weighted by atomic mass is 35.5. The lowest BCUT2D eigenvalue weighted by Crippen LogP contribution is -2.20. The molecule has 0 atom stereocenters. The van der Waals surface area contributed by atoms with Gasteiger partial charge in [0.15, 0.2) is 6.61 Å². The molecule has 1 aromatic carbocycles. The van der Waals surface area contributed by atoms with Crippen LogP contribution >= 0.6 is 11.6 Å². The third-order valence-electron chi connectivity index (χ3n) is 3.73. The fourth-order valence-electron chi connectivity index (χ4n) is 2.31. The number of esters is 1. The lowest BCUT2D eigenvalue weighted by atomic mass is 10.2. The van der Waals surface area contributed by atoms with Gasteiger partial charge in [0.1, 0.15) is 5.75 Å². The number of anilines is 1. The van der Waals surface area contributed by atoms with E-state index in [0.717, 1.165) is 17.0 Å². The van der Waals surface area contributed by atoms with Crippen LogP contribution in [-0.4, -0.2) is 35.4 Å². The van der Waals surface area contributed by atoms with Gasteiger partial charge in [0.2, 0.25) is 0 Å². The average molecular weight is 378 g/mol. The molecule has 0 fully saturated rings. The van der Waals surface area contributed by atoms with Crippen molar-refractivity contribution in [3.8, 4) is 5.75 Å². The second-order valence-corrected chi connectivity index (χ2v) is 5.95. The van der Waals surface area contributed by atoms with Gasteiger partial charge in [-0.05, 0) is 38.1 Å². The molecule has 138 valence electrons. The van der Waals surface area contributed by atoms with Crippen LogP contribution in [0.15, 0.2) is 24.3 Å². The van der Waals surface area contributed by atoms with Crippen molar-refractivity contribution in [2.45, 2.75) is 13.8 Å². The Morgan fingerprint density at radius 2 is 2.08 bits per heavy atom. The van der Waals surface area contributed by atoms with Crippen LogP contribution in [0.3, 0.4) is 0 Å². The standard InChI is InChI=1S/C18H20ClN3O4/c1-11-14(12(2)22(3)21-11)6-8-18(24)26-10-17(23)20-13-5-7-16(25-4)15(19)9-13/h5-9H,10H2,1-4H3,(H,20,23)/b8-6+. The molecular weight excluding hydrogens is 358 g/mol. The summed E-state index contributed by atoms with van der Waals surface area (Å²) in [6, 6.07) is 4.82. The van der Waals surface area contributed by atoms with E-state index in [1.165, 1.54) is 13.2 Å². The number of aryl methyl sites for hydroxylation is 2. The second-order valence-electron chi connectivity index (χ2n) is 5.55. The highest BCUT2D eigenvalue weighted by Gasteiger charge is 2.09. The van der Waals surface area contributed by atoms with Gasteiger partial charge in [-0.25, -0.2) is 4.79 Å². The summed E-state index contributed by atoms with van der Waals surface area (Å²) in [4.78, 5) is 23.7. The lowest BCUT2D eigenvalue weighted by Gasteiger charge is -2.08. The molecular formula is C18H20ClN3O4. The first kappa shape index (κ1) is 19.5. The van der Waals surface area contributed by atoms with Gasteiger partial charge in [0.25, 0.3) is 5.91 Å². The number of nitrogens with zero attached hydrogens (tertiary/aromatic N) is 2. The Labute approximate surface area is 156 Å². The molecule has 0 spiro atoms. The molecule has 1 heterocycles. The molecule has 2 rings (SSSR count). The van der Waals surface area contributed by atoms with E-state index in [0.29, 0.717) is 16.5 Å². The molecule has 1 aromatic heterocycles. The number of carbonyl (C=O) groups is 2. The summed E-state index contributed by atoms with van der Waals surface area (Å²) in [5, 5.41) is 7.22. The van der Waals surface area contributed by atoms with E-state index in [4.69, 9.17) is 21.1 Å². The van der Waals surface area contributed by atoms with Gasteiger partial charge in [0.05, 0.1) is 17.8 Å². The van der Waals surface area contributed by atoms with Crippen LogP contribution in [0, 0.1) is 13.8 Å². The zero-order chi connectivity index (χ0) is 19.3. The minimum Gasteiger partial charge on any atom is -0.495 e. The van der Waals surface area contributed by atoms with Gasteiger partial charge in [0, 0.05) is 30.1 Å². The van der Waals surface area contributed by atoms with Crippen LogP contribution in [0.4, 0.5) is 5.69 Å². The van der Waals surface area contributed by atoms with E-state index in [1.807, 2.05) is 20.9 Å². The van der Waals surface area contributed by atoms with Crippen molar-refractivity contribution < 1.29 is 19.1 Å². The number of carbonyl (C=O) groups excluding carboxylic acids is 2. The average Bonchev–Trinajstić information content (AvgIpc) is 2.83. The SMILES string of the molecule is COc1ccc(NC(=O)COC(=O)/C=C/c2c(C)nn(C)c2C)cc1Cl. The Balaban J connectivity index is 1.87. The molecule has 26 heavy (non-hydrogen) atoms. The summed E-state index contributed by atoms with van der Waals surface area (Å²) < 4.78 is 11.7. The van der Waals surface area contributed by atoms with E-state index < -0.39 is 18.5 Å². The predicted molar refractivity (Wildman–Crippen MR) is 99.3 cm³/mol. The van der Waals surface area contributed by atoms with E-state index in [1.54, 1.807) is 29.0 Å². The third kappa shape index (κ3) is 4.86. The Bertz CT molecular complexity index is 858. The Hall–Kier alpha value is -2.80. The van der Waals surface area contributed by atoms with E-state index in [-0.39, 0.29) is 0 Å². The number of amides is 1. The first-order chi connectivity index (χ1) is 12.3. The number of aromatic nitrogens is 2. The minimum atomic E-state index is -0.615. The number of halogens is 1. The van der Waals surface area contributed by atoms with Gasteiger partial charge in [-0.2, -0.15) is 5.10 Å². The molecule has 2 aromatic rings. The maximum absolute atomic E-state index is 11.9. The van der Waals surface area contributed by atoms with Crippen molar-refractivity contribution in [1.29, 1.82) is 0 Å². The smallest absolute Gasteiger partial charge is 0.331 e. The number of benzene rings is 1. The van der Waals surface area contributed by atoms with Crippen molar-refractivity contribution in [1.82, 2.24) is 9.78 Å².